The number of amides is 1. The molecule has 1 saturated heterocycles. The summed E-state index contributed by atoms with van der Waals surface area (Å²) in [4.78, 5) is 26.4. The largest absolute Gasteiger partial charge is 0.497 e. The van der Waals surface area contributed by atoms with E-state index in [1.807, 2.05) is 41.6 Å². The maximum atomic E-state index is 12.8. The number of ether oxygens (including phenoxy) is 2. The lowest BCUT2D eigenvalue weighted by Gasteiger charge is -2.42. The second-order valence-electron chi connectivity index (χ2n) is 8.60. The molecule has 1 saturated carbocycles. The number of imidazole rings is 1. The molecule has 0 bridgehead atoms. The molecule has 1 aromatic carbocycles. The monoisotopic (exact) mass is 435 g/mol. The molecule has 2 aromatic heterocycles. The SMILES string of the molecule is COc1ccc(-c2cnc(N3CCN(C(=O)CC4(OC)CCC4)CC3)c3nccn23)cc1. The summed E-state index contributed by atoms with van der Waals surface area (Å²) in [6.07, 6.45) is 9.26. The highest BCUT2D eigenvalue weighted by Gasteiger charge is 2.40. The van der Waals surface area contributed by atoms with E-state index in [1.54, 1.807) is 20.4 Å². The molecular formula is C24H29N5O3. The molecule has 0 unspecified atom stereocenters. The number of methoxy groups -OCH3 is 2. The number of hydrogen-bond donors (Lipinski definition) is 0. The molecule has 32 heavy (non-hydrogen) atoms. The Bertz CT molecular complexity index is 1090. The second-order valence-corrected chi connectivity index (χ2v) is 8.60. The van der Waals surface area contributed by atoms with Gasteiger partial charge < -0.3 is 19.3 Å². The van der Waals surface area contributed by atoms with Crippen LogP contribution in [-0.2, 0) is 9.53 Å². The quantitative estimate of drug-likeness (QED) is 0.593. The molecule has 3 heterocycles. The number of fused-ring (bicyclic) bond motifs is 1. The maximum Gasteiger partial charge on any atom is 0.225 e. The smallest absolute Gasteiger partial charge is 0.225 e. The molecule has 2 aliphatic rings. The maximum absolute atomic E-state index is 12.8. The number of carbonyl (C=O) groups excluding carboxylic acids is 1. The highest BCUT2D eigenvalue weighted by atomic mass is 16.5. The van der Waals surface area contributed by atoms with Crippen molar-refractivity contribution in [2.45, 2.75) is 31.3 Å². The van der Waals surface area contributed by atoms with Crippen molar-refractivity contribution in [3.63, 3.8) is 0 Å². The van der Waals surface area contributed by atoms with Crippen molar-refractivity contribution in [3.8, 4) is 17.0 Å². The minimum Gasteiger partial charge on any atom is -0.497 e. The third-order valence-corrected chi connectivity index (χ3v) is 6.90. The van der Waals surface area contributed by atoms with Crippen molar-refractivity contribution in [1.29, 1.82) is 0 Å². The van der Waals surface area contributed by atoms with Gasteiger partial charge in [-0.3, -0.25) is 9.20 Å². The van der Waals surface area contributed by atoms with Crippen LogP contribution in [0.15, 0.2) is 42.9 Å². The number of rotatable bonds is 6. The number of anilines is 1. The summed E-state index contributed by atoms with van der Waals surface area (Å²) >= 11 is 0. The van der Waals surface area contributed by atoms with E-state index in [0.717, 1.165) is 60.8 Å². The van der Waals surface area contributed by atoms with Crippen molar-refractivity contribution in [2.75, 3.05) is 45.3 Å². The Kier molecular flexibility index (Phi) is 5.46. The minimum atomic E-state index is -0.227. The van der Waals surface area contributed by atoms with Crippen LogP contribution in [0, 0.1) is 0 Å². The van der Waals surface area contributed by atoms with Gasteiger partial charge in [0.2, 0.25) is 5.91 Å². The van der Waals surface area contributed by atoms with Gasteiger partial charge in [-0.15, -0.1) is 0 Å². The van der Waals surface area contributed by atoms with Gasteiger partial charge in [0.1, 0.15) is 5.75 Å². The number of piperazine rings is 1. The zero-order valence-electron chi connectivity index (χ0n) is 18.7. The fourth-order valence-corrected chi connectivity index (χ4v) is 4.68. The molecule has 5 rings (SSSR count). The fraction of sp³-hybridized carbons (Fsp3) is 0.458. The van der Waals surface area contributed by atoms with Gasteiger partial charge in [-0.05, 0) is 43.5 Å². The lowest BCUT2D eigenvalue weighted by Crippen LogP contribution is -2.52. The number of benzene rings is 1. The summed E-state index contributed by atoms with van der Waals surface area (Å²) in [5.74, 6) is 1.87. The summed E-state index contributed by atoms with van der Waals surface area (Å²) in [6.45, 7) is 2.85. The van der Waals surface area contributed by atoms with E-state index in [0.29, 0.717) is 19.5 Å². The van der Waals surface area contributed by atoms with E-state index in [2.05, 4.69) is 14.3 Å². The summed E-state index contributed by atoms with van der Waals surface area (Å²) < 4.78 is 13.0. The van der Waals surface area contributed by atoms with E-state index >= 15 is 0 Å². The molecule has 168 valence electrons. The van der Waals surface area contributed by atoms with Gasteiger partial charge in [0.05, 0.1) is 31.0 Å². The Morgan fingerprint density at radius 3 is 2.44 bits per heavy atom. The molecule has 3 aromatic rings. The van der Waals surface area contributed by atoms with Gasteiger partial charge in [-0.2, -0.15) is 0 Å². The third kappa shape index (κ3) is 3.68. The Morgan fingerprint density at radius 2 is 1.81 bits per heavy atom. The number of aromatic nitrogens is 3. The van der Waals surface area contributed by atoms with Gasteiger partial charge in [0.15, 0.2) is 11.5 Å². The van der Waals surface area contributed by atoms with Crippen LogP contribution in [0.1, 0.15) is 25.7 Å². The molecule has 1 aliphatic carbocycles. The molecule has 0 atom stereocenters. The number of carbonyl (C=O) groups is 1. The topological polar surface area (TPSA) is 72.2 Å². The molecule has 0 N–H and O–H groups in total. The van der Waals surface area contributed by atoms with Crippen LogP contribution < -0.4 is 9.64 Å². The molecule has 0 radical (unpaired) electrons. The number of nitrogens with zero attached hydrogens (tertiary/aromatic N) is 5. The first kappa shape index (κ1) is 20.8. The van der Waals surface area contributed by atoms with Crippen LogP contribution >= 0.6 is 0 Å². The molecule has 1 aliphatic heterocycles. The summed E-state index contributed by atoms with van der Waals surface area (Å²) in [5, 5.41) is 0. The van der Waals surface area contributed by atoms with Crippen LogP contribution in [0.5, 0.6) is 5.75 Å². The molecule has 1 amide bonds. The van der Waals surface area contributed by atoms with Crippen LogP contribution in [0.3, 0.4) is 0 Å². The Labute approximate surface area is 187 Å². The molecule has 2 fully saturated rings. The highest BCUT2D eigenvalue weighted by Crippen LogP contribution is 2.38. The molecular weight excluding hydrogens is 406 g/mol. The van der Waals surface area contributed by atoms with Gasteiger partial charge in [0.25, 0.3) is 0 Å². The predicted molar refractivity (Wildman–Crippen MR) is 122 cm³/mol. The van der Waals surface area contributed by atoms with Crippen molar-refractivity contribution in [3.05, 3.63) is 42.9 Å². The van der Waals surface area contributed by atoms with Gasteiger partial charge >= 0.3 is 0 Å². The van der Waals surface area contributed by atoms with Gasteiger partial charge in [0, 0.05) is 51.2 Å². The van der Waals surface area contributed by atoms with Crippen molar-refractivity contribution in [2.24, 2.45) is 0 Å². The zero-order valence-corrected chi connectivity index (χ0v) is 18.7. The Balaban J connectivity index is 1.31. The standard InChI is InChI=1S/C24H29N5O3/c1-31-19-6-4-18(5-7-19)20-17-26-22(23-25-10-11-29(20)23)28-14-12-27(13-15-28)21(30)16-24(32-2)8-3-9-24/h4-7,10-11,17H,3,8-9,12-16H2,1-2H3. The van der Waals surface area contributed by atoms with Gasteiger partial charge in [-0.25, -0.2) is 9.97 Å². The molecule has 8 heteroatoms. The second kappa shape index (κ2) is 8.43. The Hall–Kier alpha value is -3.13. The first-order chi connectivity index (χ1) is 15.6. The fourth-order valence-electron chi connectivity index (χ4n) is 4.68. The minimum absolute atomic E-state index is 0.194. The third-order valence-electron chi connectivity index (χ3n) is 6.90. The van der Waals surface area contributed by atoms with Crippen molar-refractivity contribution < 1.29 is 14.3 Å². The van der Waals surface area contributed by atoms with Crippen LogP contribution in [0.4, 0.5) is 5.82 Å². The first-order valence-corrected chi connectivity index (χ1v) is 11.2. The van der Waals surface area contributed by atoms with E-state index in [9.17, 15) is 4.79 Å². The van der Waals surface area contributed by atoms with E-state index in [1.165, 1.54) is 0 Å². The summed E-state index contributed by atoms with van der Waals surface area (Å²) in [7, 11) is 3.39. The van der Waals surface area contributed by atoms with E-state index in [-0.39, 0.29) is 11.5 Å². The van der Waals surface area contributed by atoms with Crippen LogP contribution in [0.25, 0.3) is 16.9 Å². The van der Waals surface area contributed by atoms with E-state index in [4.69, 9.17) is 14.5 Å². The van der Waals surface area contributed by atoms with Gasteiger partial charge in [-0.1, -0.05) is 0 Å². The normalized spacial score (nSPS) is 17.9. The molecule has 8 nitrogen and oxygen atoms in total. The average Bonchev–Trinajstić information content (AvgIpc) is 3.31. The summed E-state index contributed by atoms with van der Waals surface area (Å²) in [6, 6.07) is 7.93. The van der Waals surface area contributed by atoms with Crippen molar-refractivity contribution in [1.82, 2.24) is 19.3 Å². The lowest BCUT2D eigenvalue weighted by atomic mass is 9.77. The average molecular weight is 436 g/mol. The van der Waals surface area contributed by atoms with Crippen molar-refractivity contribution >= 4 is 17.4 Å². The summed E-state index contributed by atoms with van der Waals surface area (Å²) in [5.41, 5.74) is 2.62. The first-order valence-electron chi connectivity index (χ1n) is 11.2. The molecule has 0 spiro atoms. The lowest BCUT2D eigenvalue weighted by molar-refractivity contribution is -0.144. The van der Waals surface area contributed by atoms with Crippen LogP contribution in [0.2, 0.25) is 0 Å². The van der Waals surface area contributed by atoms with E-state index < -0.39 is 0 Å². The highest BCUT2D eigenvalue weighted by molar-refractivity contribution is 5.78. The Morgan fingerprint density at radius 1 is 1.06 bits per heavy atom. The zero-order chi connectivity index (χ0) is 22.1. The predicted octanol–water partition coefficient (Wildman–Crippen LogP) is 3.01. The van der Waals surface area contributed by atoms with Crippen LogP contribution in [-0.4, -0.2) is 71.2 Å². The number of hydrogen-bond acceptors (Lipinski definition) is 6.